The van der Waals surface area contributed by atoms with E-state index >= 15 is 4.39 Å². The van der Waals surface area contributed by atoms with Crippen LogP contribution in [0, 0.1) is 5.82 Å². The number of carboxylic acid groups (broad SMARTS) is 1. The van der Waals surface area contributed by atoms with Crippen molar-refractivity contribution in [2.75, 3.05) is 71.0 Å². The molecule has 2 atom stereocenters. The number of phenolic OH excluding ortho intramolecular Hbond substituents is 1. The van der Waals surface area contributed by atoms with Gasteiger partial charge in [-0.3, -0.25) is 9.69 Å². The number of phenols is 1. The van der Waals surface area contributed by atoms with Gasteiger partial charge in [0.25, 0.3) is 5.91 Å². The van der Waals surface area contributed by atoms with E-state index in [0.717, 1.165) is 6.54 Å². The first-order valence-electron chi connectivity index (χ1n) is 12.8. The average Bonchev–Trinajstić information content (AvgIpc) is 3.05. The van der Waals surface area contributed by atoms with E-state index in [4.69, 9.17) is 26.1 Å². The van der Waals surface area contributed by atoms with E-state index in [1.165, 1.54) is 23.1 Å². The number of aromatic nitrogens is 1. The summed E-state index contributed by atoms with van der Waals surface area (Å²) < 4.78 is 26.4. The second kappa shape index (κ2) is 11.0. The van der Waals surface area contributed by atoms with Crippen molar-refractivity contribution in [3.63, 3.8) is 0 Å². The largest absolute Gasteiger partial charge is 0.507 e. The van der Waals surface area contributed by atoms with Crippen LogP contribution in [0.3, 0.4) is 0 Å². The summed E-state index contributed by atoms with van der Waals surface area (Å²) in [5, 5.41) is 19.9. The predicted octanol–water partition coefficient (Wildman–Crippen LogP) is 2.60. The van der Waals surface area contributed by atoms with Crippen molar-refractivity contribution in [2.45, 2.75) is 19.0 Å². The molecule has 39 heavy (non-hydrogen) atoms. The van der Waals surface area contributed by atoms with Gasteiger partial charge in [0.15, 0.2) is 5.75 Å². The minimum Gasteiger partial charge on any atom is -0.507 e. The van der Waals surface area contributed by atoms with Gasteiger partial charge >= 0.3 is 6.09 Å². The zero-order valence-corrected chi connectivity index (χ0v) is 22.5. The predicted molar refractivity (Wildman–Crippen MR) is 141 cm³/mol. The molecule has 210 valence electrons. The molecule has 2 aromatic rings. The minimum atomic E-state index is -1.07. The third kappa shape index (κ3) is 5.04. The molecule has 1 aromatic carbocycles. The number of rotatable bonds is 5. The number of ether oxygens (including phenoxy) is 2. The van der Waals surface area contributed by atoms with Gasteiger partial charge in [-0.2, -0.15) is 0 Å². The van der Waals surface area contributed by atoms with E-state index in [9.17, 15) is 19.8 Å². The van der Waals surface area contributed by atoms with Crippen molar-refractivity contribution >= 4 is 29.4 Å². The number of anilines is 1. The second-order valence-corrected chi connectivity index (χ2v) is 10.3. The van der Waals surface area contributed by atoms with Crippen molar-refractivity contribution < 1.29 is 33.7 Å². The van der Waals surface area contributed by atoms with E-state index in [1.807, 2.05) is 11.8 Å². The van der Waals surface area contributed by atoms with Crippen molar-refractivity contribution in [2.24, 2.45) is 0 Å². The average molecular weight is 564 g/mol. The summed E-state index contributed by atoms with van der Waals surface area (Å²) >= 11 is 6.77. The maximum absolute atomic E-state index is 15.0. The van der Waals surface area contributed by atoms with E-state index in [0.29, 0.717) is 26.2 Å². The molecule has 2 N–H and O–H groups in total. The molecule has 0 saturated carbocycles. The van der Waals surface area contributed by atoms with Gasteiger partial charge in [0, 0.05) is 59.0 Å². The molecule has 2 amide bonds. The summed E-state index contributed by atoms with van der Waals surface area (Å²) in [6.07, 6.45) is -1.07. The summed E-state index contributed by atoms with van der Waals surface area (Å²) in [6.45, 7) is 5.68. The Labute approximate surface area is 230 Å². The molecule has 0 bridgehead atoms. The Morgan fingerprint density at radius 3 is 2.67 bits per heavy atom. The number of hydrogen-bond acceptors (Lipinski definition) is 8. The van der Waals surface area contributed by atoms with Crippen LogP contribution in [0.25, 0.3) is 11.3 Å². The number of pyridine rings is 1. The van der Waals surface area contributed by atoms with Crippen molar-refractivity contribution in [1.29, 1.82) is 0 Å². The number of fused-ring (bicyclic) bond motifs is 2. The molecule has 3 aliphatic heterocycles. The minimum absolute atomic E-state index is 0.00522. The molecule has 4 heterocycles. The number of amides is 2. The Balaban J connectivity index is 1.62. The van der Waals surface area contributed by atoms with Crippen LogP contribution < -0.4 is 9.64 Å². The molecular weight excluding hydrogens is 533 g/mol. The van der Waals surface area contributed by atoms with Gasteiger partial charge in [0.05, 0.1) is 18.2 Å². The molecule has 5 rings (SSSR count). The molecule has 0 aliphatic carbocycles. The van der Waals surface area contributed by atoms with Crippen LogP contribution >= 0.6 is 11.6 Å². The molecule has 2 saturated heterocycles. The van der Waals surface area contributed by atoms with Gasteiger partial charge in [-0.1, -0.05) is 17.7 Å². The number of carbonyl (C=O) groups excluding carboxylic acids is 1. The van der Waals surface area contributed by atoms with Gasteiger partial charge < -0.3 is 34.4 Å². The van der Waals surface area contributed by atoms with E-state index in [2.05, 4.69) is 4.90 Å². The SMILES string of the molecule is COCCN1CCN(c2nc(-c3c(O)cccc3F)c(Cl)c3c2C(=O)N2CCN(C(=O)O)C[C@@H]2CO3)[C@@H](C)C1. The lowest BCUT2D eigenvalue weighted by Gasteiger charge is -2.42. The van der Waals surface area contributed by atoms with Gasteiger partial charge in [-0.15, -0.1) is 0 Å². The lowest BCUT2D eigenvalue weighted by molar-refractivity contribution is 0.0390. The first-order valence-corrected chi connectivity index (χ1v) is 13.2. The monoisotopic (exact) mass is 563 g/mol. The fourth-order valence-corrected chi connectivity index (χ4v) is 5.80. The lowest BCUT2D eigenvalue weighted by Crippen LogP contribution is -2.57. The first-order chi connectivity index (χ1) is 18.7. The molecule has 13 heteroatoms. The van der Waals surface area contributed by atoms with Crippen molar-refractivity contribution in [1.82, 2.24) is 19.7 Å². The third-order valence-electron chi connectivity index (χ3n) is 7.55. The number of aromatic hydroxyl groups is 1. The van der Waals surface area contributed by atoms with Crippen LogP contribution in [-0.4, -0.2) is 120 Å². The highest BCUT2D eigenvalue weighted by Crippen LogP contribution is 2.46. The molecule has 1 aromatic heterocycles. The molecule has 0 radical (unpaired) electrons. The third-order valence-corrected chi connectivity index (χ3v) is 7.90. The van der Waals surface area contributed by atoms with Gasteiger partial charge in [-0.25, -0.2) is 14.2 Å². The fraction of sp³-hybridized carbons (Fsp3) is 0.500. The number of nitrogens with zero attached hydrogens (tertiary/aromatic N) is 5. The summed E-state index contributed by atoms with van der Waals surface area (Å²) in [5.41, 5.74) is -0.0640. The Bertz CT molecular complexity index is 1260. The summed E-state index contributed by atoms with van der Waals surface area (Å²) in [6, 6.07) is 3.30. The summed E-state index contributed by atoms with van der Waals surface area (Å²) in [4.78, 5) is 37.5. The van der Waals surface area contributed by atoms with Gasteiger partial charge in [-0.05, 0) is 19.1 Å². The second-order valence-electron chi connectivity index (χ2n) is 9.96. The zero-order chi connectivity index (χ0) is 27.8. The molecule has 0 spiro atoms. The molecule has 11 nitrogen and oxygen atoms in total. The highest BCUT2D eigenvalue weighted by Gasteiger charge is 2.42. The van der Waals surface area contributed by atoms with Gasteiger partial charge in [0.1, 0.15) is 40.3 Å². The van der Waals surface area contributed by atoms with Crippen LogP contribution in [0.1, 0.15) is 17.3 Å². The number of piperazine rings is 2. The maximum Gasteiger partial charge on any atom is 0.407 e. The van der Waals surface area contributed by atoms with Crippen LogP contribution in [0.15, 0.2) is 18.2 Å². The normalized spacial score (nSPS) is 21.7. The van der Waals surface area contributed by atoms with E-state index in [1.54, 1.807) is 12.0 Å². The number of methoxy groups -OCH3 is 1. The van der Waals surface area contributed by atoms with Crippen LogP contribution in [0.4, 0.5) is 15.0 Å². The van der Waals surface area contributed by atoms with Crippen molar-refractivity contribution in [3.8, 4) is 22.8 Å². The highest BCUT2D eigenvalue weighted by atomic mass is 35.5. The van der Waals surface area contributed by atoms with Crippen molar-refractivity contribution in [3.05, 3.63) is 34.6 Å². The molecular formula is C26H31ClFN5O6. The van der Waals surface area contributed by atoms with Gasteiger partial charge in [0.2, 0.25) is 0 Å². The zero-order valence-electron chi connectivity index (χ0n) is 21.8. The molecule has 2 fully saturated rings. The quantitative estimate of drug-likeness (QED) is 0.566. The standard InChI is InChI=1S/C26H31ClFN5O6/c1-15-12-30(10-11-38-2)6-8-32(15)24-20-23(21(27)22(29-24)19-17(28)4-3-5-18(19)34)39-14-16-13-31(26(36)37)7-9-33(16)25(20)35/h3-5,15-16,34H,6-14H2,1-2H3,(H,36,37)/t15-,16+/m0/s1. The Morgan fingerprint density at radius 1 is 1.21 bits per heavy atom. The lowest BCUT2D eigenvalue weighted by atomic mass is 10.0. The molecule has 3 aliphatic rings. The number of halogens is 2. The van der Waals surface area contributed by atoms with Crippen LogP contribution in [0.5, 0.6) is 11.5 Å². The summed E-state index contributed by atoms with van der Waals surface area (Å²) in [5.74, 6) is -1.10. The molecule has 0 unspecified atom stereocenters. The Hall–Kier alpha value is -3.35. The number of carbonyl (C=O) groups is 2. The van der Waals surface area contributed by atoms with E-state index in [-0.39, 0.29) is 77.4 Å². The van der Waals surface area contributed by atoms with Crippen LogP contribution in [-0.2, 0) is 4.74 Å². The summed E-state index contributed by atoms with van der Waals surface area (Å²) in [7, 11) is 1.65. The smallest absolute Gasteiger partial charge is 0.407 e. The Morgan fingerprint density at radius 2 is 1.97 bits per heavy atom. The maximum atomic E-state index is 15.0. The Kier molecular flexibility index (Phi) is 7.70. The van der Waals surface area contributed by atoms with Crippen LogP contribution in [0.2, 0.25) is 5.02 Å². The first kappa shape index (κ1) is 27.2. The topological polar surface area (TPSA) is 119 Å². The van der Waals surface area contributed by atoms with E-state index < -0.39 is 18.0 Å². The number of benzene rings is 1. The fourth-order valence-electron chi connectivity index (χ4n) is 5.51. The highest BCUT2D eigenvalue weighted by molar-refractivity contribution is 6.35. The number of hydrogen-bond donors (Lipinski definition) is 2.